The second-order valence-corrected chi connectivity index (χ2v) is 11.7. The number of carbonyl (C=O) groups excluding carboxylic acids is 1. The summed E-state index contributed by atoms with van der Waals surface area (Å²) in [6.07, 6.45) is 8.29. The summed E-state index contributed by atoms with van der Waals surface area (Å²) in [5.74, 6) is 0.492. The van der Waals surface area contributed by atoms with Gasteiger partial charge >= 0.3 is 11.9 Å². The van der Waals surface area contributed by atoms with Crippen LogP contribution in [-0.2, 0) is 14.3 Å². The molecule has 4 nitrogen and oxygen atoms in total. The number of rotatable bonds is 4. The Bertz CT molecular complexity index is 761. The lowest BCUT2D eigenvalue weighted by Crippen LogP contribution is -2.38. The lowest BCUT2D eigenvalue weighted by atomic mass is 9.65. The molecule has 6 atom stereocenters. The minimum Gasteiger partial charge on any atom is -0.478 e. The average Bonchev–Trinajstić information content (AvgIpc) is 3.19. The number of hydrogen-bond acceptors (Lipinski definition) is 3. The van der Waals surface area contributed by atoms with Gasteiger partial charge in [-0.2, -0.15) is 0 Å². The van der Waals surface area contributed by atoms with E-state index < -0.39 is 5.97 Å². The van der Waals surface area contributed by atoms with E-state index in [9.17, 15) is 9.59 Å². The van der Waals surface area contributed by atoms with E-state index in [1.807, 2.05) is 0 Å². The van der Waals surface area contributed by atoms with E-state index in [1.54, 1.807) is 0 Å². The first-order valence-corrected chi connectivity index (χ1v) is 11.5. The van der Waals surface area contributed by atoms with Crippen LogP contribution in [0.15, 0.2) is 24.8 Å². The monoisotopic (exact) mass is 416 g/mol. The molecule has 0 aromatic heterocycles. The zero-order valence-electron chi connectivity index (χ0n) is 19.7. The smallest absolute Gasteiger partial charge is 0.331 e. The number of aliphatic carboxylic acids is 1. The lowest BCUT2D eigenvalue weighted by Gasteiger charge is -2.39. The van der Waals surface area contributed by atoms with Gasteiger partial charge in [-0.15, -0.1) is 0 Å². The van der Waals surface area contributed by atoms with E-state index in [4.69, 9.17) is 9.84 Å². The first-order chi connectivity index (χ1) is 13.7. The van der Waals surface area contributed by atoms with E-state index in [0.717, 1.165) is 19.3 Å². The normalized spacial score (nSPS) is 41.7. The van der Waals surface area contributed by atoms with Crippen molar-refractivity contribution < 1.29 is 19.4 Å². The molecule has 0 aliphatic heterocycles. The Hall–Kier alpha value is -1.58. The van der Waals surface area contributed by atoms with Gasteiger partial charge in [-0.1, -0.05) is 54.7 Å². The van der Waals surface area contributed by atoms with Crippen LogP contribution in [0, 0.1) is 39.4 Å². The molecule has 168 valence electrons. The van der Waals surface area contributed by atoms with Crippen LogP contribution in [0.1, 0.15) is 80.1 Å². The molecule has 4 fully saturated rings. The molecule has 0 aromatic carbocycles. The highest BCUT2D eigenvalue weighted by molar-refractivity contribution is 5.86. The number of hydrogen-bond donors (Lipinski definition) is 1. The predicted molar refractivity (Wildman–Crippen MR) is 119 cm³/mol. The van der Waals surface area contributed by atoms with Crippen molar-refractivity contribution in [2.45, 2.75) is 86.2 Å². The van der Waals surface area contributed by atoms with E-state index >= 15 is 0 Å². The highest BCUT2D eigenvalue weighted by Gasteiger charge is 2.63. The molecule has 0 saturated heterocycles. The molecule has 6 unspecified atom stereocenters. The second-order valence-electron chi connectivity index (χ2n) is 11.7. The van der Waals surface area contributed by atoms with E-state index in [2.05, 4.69) is 54.7 Å². The third-order valence-corrected chi connectivity index (χ3v) is 10.6. The van der Waals surface area contributed by atoms with Crippen molar-refractivity contribution >= 4 is 11.9 Å². The number of ether oxygens (including phenoxy) is 1. The van der Waals surface area contributed by atoms with E-state index in [0.29, 0.717) is 22.8 Å². The van der Waals surface area contributed by atoms with Gasteiger partial charge in [0.1, 0.15) is 6.10 Å². The minimum atomic E-state index is -0.815. The number of carbonyl (C=O) groups is 2. The molecule has 0 radical (unpaired) electrons. The van der Waals surface area contributed by atoms with Gasteiger partial charge in [0.2, 0.25) is 0 Å². The van der Waals surface area contributed by atoms with Gasteiger partial charge in [0.05, 0.1) is 0 Å². The molecule has 4 aliphatic carbocycles. The van der Waals surface area contributed by atoms with E-state index in [-0.39, 0.29) is 34.2 Å². The van der Waals surface area contributed by atoms with Crippen LogP contribution in [0.2, 0.25) is 0 Å². The van der Waals surface area contributed by atoms with Crippen LogP contribution in [0.3, 0.4) is 0 Å². The molecule has 4 rings (SSSR count). The fourth-order valence-corrected chi connectivity index (χ4v) is 7.38. The summed E-state index contributed by atoms with van der Waals surface area (Å²) in [6, 6.07) is 0. The zero-order chi connectivity index (χ0) is 22.7. The van der Waals surface area contributed by atoms with Gasteiger partial charge in [0, 0.05) is 17.1 Å². The van der Waals surface area contributed by atoms with Gasteiger partial charge in [0.15, 0.2) is 0 Å². The molecule has 4 aliphatic rings. The molecule has 0 spiro atoms. The number of fused-ring (bicyclic) bond motifs is 4. The fraction of sp³-hybridized carbons (Fsp3) is 0.769. The SMILES string of the molecule is C=C(C(=O)O)C1CC2CCC1(C)C2(C)C.C=CC(=O)OC1CC2CCC1(C)C2(C)C. The highest BCUT2D eigenvalue weighted by Crippen LogP contribution is 2.69. The Labute approximate surface area is 182 Å². The highest BCUT2D eigenvalue weighted by atomic mass is 16.5. The topological polar surface area (TPSA) is 63.6 Å². The quantitative estimate of drug-likeness (QED) is 0.449. The maximum absolute atomic E-state index is 11.3. The standard InChI is InChI=1S/2C13H20O2/c1-8(11(14)15)10-7-9-5-6-13(10,4)12(9,2)3;1-5-11(14)15-10-8-9-6-7-13(10,4)12(9,2)3/h9-10H,1,5-7H2,2-4H3,(H,14,15);5,9-10H,1,6-8H2,2-4H3. The summed E-state index contributed by atoms with van der Waals surface area (Å²) >= 11 is 0. The van der Waals surface area contributed by atoms with Crippen LogP contribution < -0.4 is 0 Å². The predicted octanol–water partition coefficient (Wildman–Crippen LogP) is 6.02. The zero-order valence-corrected chi connectivity index (χ0v) is 19.7. The van der Waals surface area contributed by atoms with E-state index in [1.165, 1.54) is 25.3 Å². The summed E-state index contributed by atoms with van der Waals surface area (Å²) in [5, 5.41) is 9.06. The fourth-order valence-electron chi connectivity index (χ4n) is 7.38. The van der Waals surface area contributed by atoms with Crippen molar-refractivity contribution in [3.05, 3.63) is 24.8 Å². The van der Waals surface area contributed by atoms with Crippen molar-refractivity contribution in [2.24, 2.45) is 39.4 Å². The number of carboxylic acid groups (broad SMARTS) is 1. The van der Waals surface area contributed by atoms with Crippen LogP contribution in [0.4, 0.5) is 0 Å². The third kappa shape index (κ3) is 3.08. The van der Waals surface area contributed by atoms with Gasteiger partial charge < -0.3 is 9.84 Å². The third-order valence-electron chi connectivity index (χ3n) is 10.6. The Morgan fingerprint density at radius 1 is 0.933 bits per heavy atom. The lowest BCUT2D eigenvalue weighted by molar-refractivity contribution is -0.150. The summed E-state index contributed by atoms with van der Waals surface area (Å²) < 4.78 is 5.48. The Balaban J connectivity index is 0.000000171. The van der Waals surface area contributed by atoms with Crippen molar-refractivity contribution in [3.8, 4) is 0 Å². The van der Waals surface area contributed by atoms with Crippen LogP contribution in [0.25, 0.3) is 0 Å². The van der Waals surface area contributed by atoms with Gasteiger partial charge in [-0.05, 0) is 72.5 Å². The van der Waals surface area contributed by atoms with Crippen LogP contribution in [0.5, 0.6) is 0 Å². The molecule has 4 heteroatoms. The Morgan fingerprint density at radius 2 is 1.43 bits per heavy atom. The summed E-state index contributed by atoms with van der Waals surface area (Å²) in [5.41, 5.74) is 1.31. The summed E-state index contributed by atoms with van der Waals surface area (Å²) in [4.78, 5) is 22.3. The van der Waals surface area contributed by atoms with Crippen molar-refractivity contribution in [1.82, 2.24) is 0 Å². The molecule has 0 heterocycles. The van der Waals surface area contributed by atoms with Crippen molar-refractivity contribution in [2.75, 3.05) is 0 Å². The Morgan fingerprint density at radius 3 is 1.77 bits per heavy atom. The molecule has 1 N–H and O–H groups in total. The first kappa shape index (κ1) is 23.1. The molecule has 4 bridgehead atoms. The summed E-state index contributed by atoms with van der Waals surface area (Å²) in [6.45, 7) is 20.9. The maximum atomic E-state index is 11.3. The number of esters is 1. The first-order valence-electron chi connectivity index (χ1n) is 11.5. The van der Waals surface area contributed by atoms with Crippen molar-refractivity contribution in [3.63, 3.8) is 0 Å². The Kier molecular flexibility index (Phi) is 5.57. The molecule has 30 heavy (non-hydrogen) atoms. The average molecular weight is 417 g/mol. The van der Waals surface area contributed by atoms with Gasteiger partial charge in [-0.25, -0.2) is 9.59 Å². The largest absolute Gasteiger partial charge is 0.478 e. The summed E-state index contributed by atoms with van der Waals surface area (Å²) in [7, 11) is 0. The number of carboxylic acids is 1. The molecular formula is C26H40O4. The van der Waals surface area contributed by atoms with Crippen molar-refractivity contribution in [1.29, 1.82) is 0 Å². The van der Waals surface area contributed by atoms with Crippen LogP contribution >= 0.6 is 0 Å². The second kappa shape index (κ2) is 7.24. The van der Waals surface area contributed by atoms with Crippen LogP contribution in [-0.4, -0.2) is 23.1 Å². The maximum Gasteiger partial charge on any atom is 0.331 e. The van der Waals surface area contributed by atoms with Gasteiger partial charge in [0.25, 0.3) is 0 Å². The molecule has 0 amide bonds. The molecule has 0 aromatic rings. The van der Waals surface area contributed by atoms with Gasteiger partial charge in [-0.3, -0.25) is 0 Å². The minimum absolute atomic E-state index is 0.0942. The molecular weight excluding hydrogens is 376 g/mol. The molecule has 4 saturated carbocycles.